The van der Waals surface area contributed by atoms with E-state index in [9.17, 15) is 4.79 Å². The van der Waals surface area contributed by atoms with Gasteiger partial charge in [-0.2, -0.15) is 5.10 Å². The number of aryl methyl sites for hydroxylation is 2. The number of ether oxygens (including phenoxy) is 1. The van der Waals surface area contributed by atoms with Gasteiger partial charge >= 0.3 is 5.97 Å². The number of rotatable bonds is 3. The maximum Gasteiger partial charge on any atom is 0.336 e. The minimum absolute atomic E-state index is 0.395. The Hall–Kier alpha value is -2.36. The molecule has 98 valence electrons. The van der Waals surface area contributed by atoms with Crippen LogP contribution in [0, 0.1) is 13.8 Å². The summed E-state index contributed by atoms with van der Waals surface area (Å²) in [4.78, 5) is 11.7. The van der Waals surface area contributed by atoms with Crippen LogP contribution in [0.5, 0.6) is 5.75 Å². The van der Waals surface area contributed by atoms with E-state index in [4.69, 9.17) is 4.74 Å². The monoisotopic (exact) mass is 256 g/mol. The van der Waals surface area contributed by atoms with Gasteiger partial charge in [0, 0.05) is 24.4 Å². The van der Waals surface area contributed by atoms with Crippen LogP contribution in [0.3, 0.4) is 0 Å². The van der Waals surface area contributed by atoms with Crippen LogP contribution in [0.1, 0.15) is 17.0 Å². The highest BCUT2D eigenvalue weighted by Crippen LogP contribution is 2.14. The summed E-state index contributed by atoms with van der Waals surface area (Å²) in [6.07, 6.45) is 3.16. The average Bonchev–Trinajstić information content (AvgIpc) is 2.62. The van der Waals surface area contributed by atoms with Gasteiger partial charge in [0.05, 0.1) is 5.69 Å². The zero-order valence-electron chi connectivity index (χ0n) is 11.3. The summed E-state index contributed by atoms with van der Waals surface area (Å²) in [7, 11) is 1.88. The number of hydrogen-bond donors (Lipinski definition) is 0. The summed E-state index contributed by atoms with van der Waals surface area (Å²) in [5.41, 5.74) is 2.86. The Kier molecular flexibility index (Phi) is 3.80. The molecule has 1 heterocycles. The highest BCUT2D eigenvalue weighted by Gasteiger charge is 2.07. The van der Waals surface area contributed by atoms with Crippen molar-refractivity contribution in [3.63, 3.8) is 0 Å². The highest BCUT2D eigenvalue weighted by molar-refractivity contribution is 5.89. The van der Waals surface area contributed by atoms with Crippen molar-refractivity contribution < 1.29 is 9.53 Å². The molecule has 0 bridgehead atoms. The number of para-hydroxylation sites is 1. The number of carbonyl (C=O) groups excluding carboxylic acids is 1. The fraction of sp³-hybridized carbons (Fsp3) is 0.200. The maximum absolute atomic E-state index is 11.7. The van der Waals surface area contributed by atoms with Crippen molar-refractivity contribution in [1.29, 1.82) is 0 Å². The molecule has 0 aliphatic carbocycles. The number of esters is 1. The lowest BCUT2D eigenvalue weighted by Gasteiger charge is -1.99. The van der Waals surface area contributed by atoms with Crippen LogP contribution in [0.2, 0.25) is 0 Å². The van der Waals surface area contributed by atoms with E-state index in [2.05, 4.69) is 5.10 Å². The molecule has 0 saturated heterocycles. The SMILES string of the molecule is Cc1nn(C)c(C)c1/C=C/C(=O)Oc1ccccc1. The molecule has 0 aliphatic rings. The predicted molar refractivity (Wildman–Crippen MR) is 73.8 cm³/mol. The van der Waals surface area contributed by atoms with Gasteiger partial charge in [-0.15, -0.1) is 0 Å². The molecule has 0 radical (unpaired) electrons. The largest absolute Gasteiger partial charge is 0.423 e. The Morgan fingerprint density at radius 3 is 2.53 bits per heavy atom. The van der Waals surface area contributed by atoms with Gasteiger partial charge in [0.1, 0.15) is 5.75 Å². The number of benzene rings is 1. The zero-order valence-corrected chi connectivity index (χ0v) is 11.3. The molecule has 0 saturated carbocycles. The molecular weight excluding hydrogens is 240 g/mol. The van der Waals surface area contributed by atoms with Crippen molar-refractivity contribution in [3.05, 3.63) is 53.4 Å². The fourth-order valence-corrected chi connectivity index (χ4v) is 1.82. The molecule has 0 spiro atoms. The molecule has 0 amide bonds. The standard InChI is InChI=1S/C15H16N2O2/c1-11-14(12(2)17(3)16-11)9-10-15(18)19-13-7-5-4-6-8-13/h4-10H,1-3H3/b10-9+. The van der Waals surface area contributed by atoms with E-state index < -0.39 is 5.97 Å². The van der Waals surface area contributed by atoms with Crippen LogP contribution in [-0.4, -0.2) is 15.7 Å². The average molecular weight is 256 g/mol. The van der Waals surface area contributed by atoms with E-state index in [-0.39, 0.29) is 0 Å². The van der Waals surface area contributed by atoms with Gasteiger partial charge in [-0.25, -0.2) is 4.79 Å². The molecule has 0 fully saturated rings. The first-order chi connectivity index (χ1) is 9.08. The quantitative estimate of drug-likeness (QED) is 0.482. The van der Waals surface area contributed by atoms with Crippen molar-refractivity contribution in [1.82, 2.24) is 9.78 Å². The van der Waals surface area contributed by atoms with E-state index in [1.165, 1.54) is 6.08 Å². The van der Waals surface area contributed by atoms with Crippen LogP contribution in [0.4, 0.5) is 0 Å². The van der Waals surface area contributed by atoms with Crippen molar-refractivity contribution in [2.45, 2.75) is 13.8 Å². The first kappa shape index (κ1) is 13.1. The van der Waals surface area contributed by atoms with E-state index in [1.54, 1.807) is 22.9 Å². The normalized spacial score (nSPS) is 10.9. The topological polar surface area (TPSA) is 44.1 Å². The van der Waals surface area contributed by atoms with Crippen molar-refractivity contribution in [3.8, 4) is 5.75 Å². The molecule has 0 unspecified atom stereocenters. The van der Waals surface area contributed by atoms with E-state index in [0.717, 1.165) is 17.0 Å². The van der Waals surface area contributed by atoms with Gasteiger partial charge in [-0.3, -0.25) is 4.68 Å². The van der Waals surface area contributed by atoms with Crippen LogP contribution in [0.15, 0.2) is 36.4 Å². The number of nitrogens with zero attached hydrogens (tertiary/aromatic N) is 2. The minimum atomic E-state index is -0.395. The first-order valence-corrected chi connectivity index (χ1v) is 6.03. The highest BCUT2D eigenvalue weighted by atomic mass is 16.5. The Labute approximate surface area is 112 Å². The van der Waals surface area contributed by atoms with Gasteiger partial charge in [0.25, 0.3) is 0 Å². The van der Waals surface area contributed by atoms with E-state index in [0.29, 0.717) is 5.75 Å². The number of aromatic nitrogens is 2. The summed E-state index contributed by atoms with van der Waals surface area (Å²) in [6, 6.07) is 9.00. The van der Waals surface area contributed by atoms with Crippen molar-refractivity contribution in [2.75, 3.05) is 0 Å². The van der Waals surface area contributed by atoms with Crippen LogP contribution in [0.25, 0.3) is 6.08 Å². The minimum Gasteiger partial charge on any atom is -0.423 e. The molecule has 0 aliphatic heterocycles. The molecule has 19 heavy (non-hydrogen) atoms. The van der Waals surface area contributed by atoms with Gasteiger partial charge in [0.15, 0.2) is 0 Å². The molecule has 4 heteroatoms. The maximum atomic E-state index is 11.7. The Morgan fingerprint density at radius 1 is 1.26 bits per heavy atom. The third-order valence-electron chi connectivity index (χ3n) is 2.91. The third kappa shape index (κ3) is 3.10. The van der Waals surface area contributed by atoms with Crippen LogP contribution < -0.4 is 4.74 Å². The summed E-state index contributed by atoms with van der Waals surface area (Å²) >= 11 is 0. The lowest BCUT2D eigenvalue weighted by Crippen LogP contribution is -2.03. The van der Waals surface area contributed by atoms with E-state index in [1.807, 2.05) is 39.1 Å². The summed E-state index contributed by atoms with van der Waals surface area (Å²) < 4.78 is 6.96. The summed E-state index contributed by atoms with van der Waals surface area (Å²) in [5, 5.41) is 4.29. The van der Waals surface area contributed by atoms with Gasteiger partial charge in [0.2, 0.25) is 0 Å². The second-order valence-corrected chi connectivity index (χ2v) is 4.28. The van der Waals surface area contributed by atoms with Crippen molar-refractivity contribution in [2.24, 2.45) is 7.05 Å². The zero-order chi connectivity index (χ0) is 13.8. The molecule has 2 aromatic rings. The number of hydrogen-bond acceptors (Lipinski definition) is 3. The number of carbonyl (C=O) groups is 1. The van der Waals surface area contributed by atoms with E-state index >= 15 is 0 Å². The first-order valence-electron chi connectivity index (χ1n) is 6.03. The molecule has 1 aromatic carbocycles. The Morgan fingerprint density at radius 2 is 1.95 bits per heavy atom. The second-order valence-electron chi connectivity index (χ2n) is 4.28. The molecule has 1 aromatic heterocycles. The lowest BCUT2D eigenvalue weighted by molar-refractivity contribution is -0.128. The van der Waals surface area contributed by atoms with Gasteiger partial charge < -0.3 is 4.74 Å². The molecule has 0 atom stereocenters. The predicted octanol–water partition coefficient (Wildman–Crippen LogP) is 2.66. The fourth-order valence-electron chi connectivity index (χ4n) is 1.82. The molecule has 2 rings (SSSR count). The third-order valence-corrected chi connectivity index (χ3v) is 2.91. The van der Waals surface area contributed by atoms with Gasteiger partial charge in [-0.1, -0.05) is 18.2 Å². The second kappa shape index (κ2) is 5.52. The lowest BCUT2D eigenvalue weighted by atomic mass is 10.2. The smallest absolute Gasteiger partial charge is 0.336 e. The Bertz CT molecular complexity index is 613. The summed E-state index contributed by atoms with van der Waals surface area (Å²) in [6.45, 7) is 3.87. The van der Waals surface area contributed by atoms with Crippen molar-refractivity contribution >= 4 is 12.0 Å². The molecular formula is C15H16N2O2. The summed E-state index contributed by atoms with van der Waals surface area (Å²) in [5.74, 6) is 0.144. The molecule has 0 N–H and O–H groups in total. The van der Waals surface area contributed by atoms with Crippen LogP contribution >= 0.6 is 0 Å². The molecule has 4 nitrogen and oxygen atoms in total. The van der Waals surface area contributed by atoms with Gasteiger partial charge in [-0.05, 0) is 32.1 Å². The Balaban J connectivity index is 2.08. The van der Waals surface area contributed by atoms with Crippen LogP contribution in [-0.2, 0) is 11.8 Å².